The van der Waals surface area contributed by atoms with Gasteiger partial charge in [-0.2, -0.15) is 5.10 Å². The lowest BCUT2D eigenvalue weighted by atomic mass is 10.0. The Kier molecular flexibility index (Phi) is 3.71. The molecular weight excluding hydrogens is 328 g/mol. The molecule has 0 unspecified atom stereocenters. The van der Waals surface area contributed by atoms with E-state index in [0.717, 1.165) is 15.7 Å². The molecule has 0 atom stereocenters. The van der Waals surface area contributed by atoms with E-state index in [-0.39, 0.29) is 5.78 Å². The van der Waals surface area contributed by atoms with Crippen LogP contribution in [-0.4, -0.2) is 15.6 Å². The zero-order valence-corrected chi connectivity index (χ0v) is 13.0. The van der Waals surface area contributed by atoms with Crippen molar-refractivity contribution in [3.63, 3.8) is 0 Å². The highest BCUT2D eigenvalue weighted by molar-refractivity contribution is 9.10. The quantitative estimate of drug-likeness (QED) is 0.670. The van der Waals surface area contributed by atoms with Gasteiger partial charge < -0.3 is 0 Å². The van der Waals surface area contributed by atoms with Gasteiger partial charge in [-0.1, -0.05) is 34.1 Å². The Hall–Kier alpha value is -2.20. The van der Waals surface area contributed by atoms with Crippen LogP contribution >= 0.6 is 15.9 Å². The number of aryl methyl sites for hydroxylation is 1. The highest BCUT2D eigenvalue weighted by Gasteiger charge is 2.12. The van der Waals surface area contributed by atoms with E-state index in [9.17, 15) is 4.79 Å². The second-order valence-electron chi connectivity index (χ2n) is 4.80. The highest BCUT2D eigenvalue weighted by atomic mass is 79.9. The van der Waals surface area contributed by atoms with Gasteiger partial charge in [0.15, 0.2) is 5.78 Å². The Balaban J connectivity index is 1.92. The van der Waals surface area contributed by atoms with Gasteiger partial charge in [0.1, 0.15) is 0 Å². The Morgan fingerprint density at radius 2 is 1.86 bits per heavy atom. The van der Waals surface area contributed by atoms with Crippen molar-refractivity contribution < 1.29 is 4.79 Å². The van der Waals surface area contributed by atoms with Gasteiger partial charge in [-0.3, -0.25) is 4.79 Å². The van der Waals surface area contributed by atoms with Crippen LogP contribution in [0.4, 0.5) is 0 Å². The Labute approximate surface area is 131 Å². The topological polar surface area (TPSA) is 34.9 Å². The summed E-state index contributed by atoms with van der Waals surface area (Å²) in [5.74, 6) is -0.0206. The summed E-state index contributed by atoms with van der Waals surface area (Å²) in [6.45, 7) is 1.97. The molecule has 0 aliphatic rings. The Morgan fingerprint density at radius 3 is 2.57 bits per heavy atom. The van der Waals surface area contributed by atoms with Crippen LogP contribution in [-0.2, 0) is 0 Å². The molecule has 0 saturated carbocycles. The van der Waals surface area contributed by atoms with E-state index < -0.39 is 0 Å². The number of para-hydroxylation sites is 1. The van der Waals surface area contributed by atoms with Gasteiger partial charge in [-0.05, 0) is 42.8 Å². The SMILES string of the molecule is Cc1cc(C(=O)c2cnn(-c3ccccc3)c2)ccc1Br. The number of halogens is 1. The fraction of sp³-hybridized carbons (Fsp3) is 0.0588. The minimum Gasteiger partial charge on any atom is -0.288 e. The van der Waals surface area contributed by atoms with Crippen molar-refractivity contribution in [2.24, 2.45) is 0 Å². The summed E-state index contributed by atoms with van der Waals surface area (Å²) >= 11 is 3.44. The standard InChI is InChI=1S/C17H13BrN2O/c1-12-9-13(7-8-16(12)18)17(21)14-10-19-20(11-14)15-5-3-2-4-6-15/h2-11H,1H3. The third-order valence-corrected chi connectivity index (χ3v) is 4.18. The Bertz CT molecular complexity index is 794. The molecular formula is C17H13BrN2O. The van der Waals surface area contributed by atoms with Crippen molar-refractivity contribution >= 4 is 21.7 Å². The van der Waals surface area contributed by atoms with Crippen LogP contribution in [0.3, 0.4) is 0 Å². The number of ketones is 1. The molecule has 21 heavy (non-hydrogen) atoms. The zero-order chi connectivity index (χ0) is 14.8. The summed E-state index contributed by atoms with van der Waals surface area (Å²) in [7, 11) is 0. The maximum Gasteiger partial charge on any atom is 0.196 e. The fourth-order valence-corrected chi connectivity index (χ4v) is 2.36. The van der Waals surface area contributed by atoms with Crippen LogP contribution in [0.25, 0.3) is 5.69 Å². The molecule has 4 heteroatoms. The molecule has 0 spiro atoms. The maximum atomic E-state index is 12.5. The smallest absolute Gasteiger partial charge is 0.196 e. The molecule has 2 aromatic carbocycles. The van der Waals surface area contributed by atoms with Crippen molar-refractivity contribution in [1.82, 2.24) is 9.78 Å². The predicted octanol–water partition coefficient (Wildman–Crippen LogP) is 4.17. The second-order valence-corrected chi connectivity index (χ2v) is 5.66. The lowest BCUT2D eigenvalue weighted by Crippen LogP contribution is -2.00. The van der Waals surface area contributed by atoms with Gasteiger partial charge in [-0.15, -0.1) is 0 Å². The number of carbonyl (C=O) groups is 1. The molecule has 104 valence electrons. The van der Waals surface area contributed by atoms with Crippen LogP contribution < -0.4 is 0 Å². The van der Waals surface area contributed by atoms with Crippen LogP contribution in [0, 0.1) is 6.92 Å². The fourth-order valence-electron chi connectivity index (χ4n) is 2.11. The predicted molar refractivity (Wildman–Crippen MR) is 85.9 cm³/mol. The van der Waals surface area contributed by atoms with E-state index in [1.54, 1.807) is 17.1 Å². The van der Waals surface area contributed by atoms with E-state index >= 15 is 0 Å². The van der Waals surface area contributed by atoms with Crippen molar-refractivity contribution in [3.05, 3.63) is 82.1 Å². The van der Waals surface area contributed by atoms with Gasteiger partial charge in [0.05, 0.1) is 17.4 Å². The third kappa shape index (κ3) is 2.81. The van der Waals surface area contributed by atoms with Crippen molar-refractivity contribution in [3.8, 4) is 5.69 Å². The van der Waals surface area contributed by atoms with Crippen molar-refractivity contribution in [1.29, 1.82) is 0 Å². The number of rotatable bonds is 3. The lowest BCUT2D eigenvalue weighted by Gasteiger charge is -2.02. The second kappa shape index (κ2) is 5.66. The first kappa shape index (κ1) is 13.8. The zero-order valence-electron chi connectivity index (χ0n) is 11.5. The number of aromatic nitrogens is 2. The first-order valence-corrected chi connectivity index (χ1v) is 7.35. The number of carbonyl (C=O) groups excluding carboxylic acids is 1. The normalized spacial score (nSPS) is 10.6. The van der Waals surface area contributed by atoms with Gasteiger partial charge >= 0.3 is 0 Å². The van der Waals surface area contributed by atoms with E-state index in [4.69, 9.17) is 0 Å². The van der Waals surface area contributed by atoms with Gasteiger partial charge in [-0.25, -0.2) is 4.68 Å². The number of benzene rings is 2. The first-order chi connectivity index (χ1) is 10.1. The molecule has 0 aliphatic heterocycles. The van der Waals surface area contributed by atoms with Gasteiger partial charge in [0.2, 0.25) is 0 Å². The Morgan fingerprint density at radius 1 is 1.10 bits per heavy atom. The van der Waals surface area contributed by atoms with Crippen LogP contribution in [0.5, 0.6) is 0 Å². The van der Waals surface area contributed by atoms with Crippen LogP contribution in [0.2, 0.25) is 0 Å². The lowest BCUT2D eigenvalue weighted by molar-refractivity contribution is 0.103. The average molecular weight is 341 g/mol. The molecule has 3 rings (SSSR count). The van der Waals surface area contributed by atoms with Crippen LogP contribution in [0.1, 0.15) is 21.5 Å². The molecule has 1 aromatic heterocycles. The van der Waals surface area contributed by atoms with E-state index in [1.165, 1.54) is 0 Å². The summed E-state index contributed by atoms with van der Waals surface area (Å²) < 4.78 is 2.71. The molecule has 1 heterocycles. The minimum atomic E-state index is -0.0206. The molecule has 0 saturated heterocycles. The molecule has 3 nitrogen and oxygen atoms in total. The van der Waals surface area contributed by atoms with E-state index in [1.807, 2.05) is 55.5 Å². The molecule has 0 radical (unpaired) electrons. The minimum absolute atomic E-state index is 0.0206. The molecule has 0 N–H and O–H groups in total. The molecule has 0 bridgehead atoms. The monoisotopic (exact) mass is 340 g/mol. The maximum absolute atomic E-state index is 12.5. The van der Waals surface area contributed by atoms with Crippen molar-refractivity contribution in [2.75, 3.05) is 0 Å². The molecule has 0 amide bonds. The summed E-state index contributed by atoms with van der Waals surface area (Å²) in [6.07, 6.45) is 3.36. The summed E-state index contributed by atoms with van der Waals surface area (Å²) in [6, 6.07) is 15.3. The largest absolute Gasteiger partial charge is 0.288 e. The average Bonchev–Trinajstić information content (AvgIpc) is 3.00. The molecule has 0 aliphatic carbocycles. The highest BCUT2D eigenvalue weighted by Crippen LogP contribution is 2.19. The summed E-state index contributed by atoms with van der Waals surface area (Å²) in [4.78, 5) is 12.5. The summed E-state index contributed by atoms with van der Waals surface area (Å²) in [5.41, 5.74) is 3.23. The third-order valence-electron chi connectivity index (χ3n) is 3.29. The van der Waals surface area contributed by atoms with Crippen LogP contribution in [0.15, 0.2) is 65.4 Å². The van der Waals surface area contributed by atoms with Gasteiger partial charge in [0, 0.05) is 16.2 Å². The molecule has 0 fully saturated rings. The number of hydrogen-bond acceptors (Lipinski definition) is 2. The first-order valence-electron chi connectivity index (χ1n) is 6.56. The van der Waals surface area contributed by atoms with Gasteiger partial charge in [0.25, 0.3) is 0 Å². The number of nitrogens with zero attached hydrogens (tertiary/aromatic N) is 2. The number of hydrogen-bond donors (Lipinski definition) is 0. The molecule has 3 aromatic rings. The van der Waals surface area contributed by atoms with E-state index in [0.29, 0.717) is 11.1 Å². The van der Waals surface area contributed by atoms with E-state index in [2.05, 4.69) is 21.0 Å². The summed E-state index contributed by atoms with van der Waals surface area (Å²) in [5, 5.41) is 4.26. The van der Waals surface area contributed by atoms with Crippen molar-refractivity contribution in [2.45, 2.75) is 6.92 Å².